The van der Waals surface area contributed by atoms with Gasteiger partial charge in [0.05, 0.1) is 0 Å². The van der Waals surface area contributed by atoms with Crippen LogP contribution in [0.4, 0.5) is 0 Å². The number of fused-ring (bicyclic) bond motifs is 2. The Bertz CT molecular complexity index is 1810. The van der Waals surface area contributed by atoms with Crippen LogP contribution < -0.4 is 0 Å². The molecular weight excluding hydrogens is 659 g/mol. The van der Waals surface area contributed by atoms with E-state index < -0.39 is 21.5 Å². The van der Waals surface area contributed by atoms with Crippen molar-refractivity contribution in [1.29, 1.82) is 0 Å². The first-order chi connectivity index (χ1) is 20.7. The van der Waals surface area contributed by atoms with Gasteiger partial charge in [-0.1, -0.05) is 0 Å². The molecule has 4 aromatic rings. The molecular formula is C39H39Cl2SiZr. The monoisotopic (exact) mass is 695 g/mol. The molecule has 0 nitrogen and oxygen atoms in total. The van der Waals surface area contributed by atoms with E-state index in [1.54, 1.807) is 0 Å². The maximum absolute atomic E-state index is 8.67. The van der Waals surface area contributed by atoms with Crippen LogP contribution in [0.3, 0.4) is 0 Å². The first kappa shape index (κ1) is 29.5. The number of benzene rings is 4. The zero-order valence-corrected chi connectivity index (χ0v) is 30.6. The predicted molar refractivity (Wildman–Crippen MR) is 188 cm³/mol. The molecule has 217 valence electrons. The van der Waals surface area contributed by atoms with Gasteiger partial charge in [-0.3, -0.25) is 0 Å². The van der Waals surface area contributed by atoms with E-state index in [1.807, 2.05) is 0 Å². The van der Waals surface area contributed by atoms with Gasteiger partial charge in [-0.2, -0.15) is 0 Å². The second-order valence-electron chi connectivity index (χ2n) is 13.2. The fraction of sp³-hybridized carbons (Fsp3) is 0.231. The van der Waals surface area contributed by atoms with Crippen LogP contribution in [0.25, 0.3) is 34.4 Å². The Morgan fingerprint density at radius 1 is 0.651 bits per heavy atom. The molecule has 3 aliphatic carbocycles. The molecule has 4 aromatic carbocycles. The Morgan fingerprint density at radius 3 is 1.86 bits per heavy atom. The molecule has 0 radical (unpaired) electrons. The van der Waals surface area contributed by atoms with Crippen molar-refractivity contribution in [2.45, 2.75) is 47.0 Å². The van der Waals surface area contributed by atoms with Gasteiger partial charge in [0.1, 0.15) is 0 Å². The van der Waals surface area contributed by atoms with Crippen LogP contribution >= 0.6 is 17.0 Å². The van der Waals surface area contributed by atoms with Gasteiger partial charge in [0.2, 0.25) is 0 Å². The number of allylic oxidation sites excluding steroid dienone is 4. The van der Waals surface area contributed by atoms with Crippen LogP contribution in [-0.4, -0.2) is 5.92 Å². The van der Waals surface area contributed by atoms with Gasteiger partial charge in [0.25, 0.3) is 0 Å². The van der Waals surface area contributed by atoms with Crippen molar-refractivity contribution in [2.24, 2.45) is 5.92 Å². The second kappa shape index (κ2) is 11.0. The molecule has 0 bridgehead atoms. The summed E-state index contributed by atoms with van der Waals surface area (Å²) in [4.78, 5) is 0. The number of halogens is 2. The zero-order chi connectivity index (χ0) is 30.0. The molecule has 0 fully saturated rings. The molecule has 4 heteroatoms. The molecule has 0 N–H and O–H groups in total. The van der Waals surface area contributed by atoms with Crippen molar-refractivity contribution in [3.63, 3.8) is 0 Å². The summed E-state index contributed by atoms with van der Waals surface area (Å²) in [5, 5.41) is 0. The molecule has 0 aromatic heterocycles. The van der Waals surface area contributed by atoms with E-state index in [4.69, 9.17) is 17.0 Å². The molecule has 0 heterocycles. The average Bonchev–Trinajstić information content (AvgIpc) is 3.76. The Labute approximate surface area is 266 Å². The van der Waals surface area contributed by atoms with E-state index in [0.717, 1.165) is 12.8 Å². The van der Waals surface area contributed by atoms with Crippen molar-refractivity contribution in [1.82, 2.24) is 0 Å². The molecule has 3 aliphatic rings. The maximum atomic E-state index is 8.67. The van der Waals surface area contributed by atoms with Gasteiger partial charge in [-0.15, -0.1) is 0 Å². The molecule has 0 aliphatic heterocycles. The van der Waals surface area contributed by atoms with E-state index in [-0.39, 0.29) is 7.25 Å². The zero-order valence-electron chi connectivity index (χ0n) is 25.4. The van der Waals surface area contributed by atoms with Gasteiger partial charge >= 0.3 is 268 Å². The van der Waals surface area contributed by atoms with Crippen LogP contribution in [0.5, 0.6) is 0 Å². The number of rotatable bonds is 6. The number of aryl methyl sites for hydroxylation is 1. The topological polar surface area (TPSA) is 0 Å². The van der Waals surface area contributed by atoms with E-state index in [0.29, 0.717) is 5.92 Å². The van der Waals surface area contributed by atoms with Crippen molar-refractivity contribution >= 4 is 35.1 Å². The summed E-state index contributed by atoms with van der Waals surface area (Å²) < 4.78 is 0.211. The van der Waals surface area contributed by atoms with Crippen LogP contribution in [0, 0.1) is 12.8 Å². The molecule has 0 saturated heterocycles. The molecule has 2 atom stereocenters. The van der Waals surface area contributed by atoms with E-state index in [1.165, 1.54) is 61.2 Å². The van der Waals surface area contributed by atoms with E-state index in [2.05, 4.69) is 142 Å². The quantitative estimate of drug-likeness (QED) is 0.139. The summed E-state index contributed by atoms with van der Waals surface area (Å²) in [6.45, 7) is 9.49. The van der Waals surface area contributed by atoms with E-state index >= 15 is 0 Å². The van der Waals surface area contributed by atoms with Crippen molar-refractivity contribution < 1.29 is 15.6 Å². The Hall–Kier alpha value is -2.22. The van der Waals surface area contributed by atoms with E-state index in [9.17, 15) is 0 Å². The fourth-order valence-electron chi connectivity index (χ4n) is 8.39. The first-order valence-electron chi connectivity index (χ1n) is 15.7. The predicted octanol–water partition coefficient (Wildman–Crippen LogP) is 11.9. The third-order valence-corrected chi connectivity index (χ3v) is 62.5. The standard InChI is InChI=1S/C20H17.C17H15.C2H7Si.2ClH.Zr/c1-2-9-16(10-3-1)19-12-6-11-17-13-18(14-20(17)19)15-7-4-5-8-15;1-12-10-16-13(2)8-9-15(17(16)11-12)14-6-4-3-5-7-14;1-3-2;;;/h1-6,9-15H,7-8H2;3-11H,1-2H3;3H,1-2H3;2*1H;/q;;;;;+2/p-2. The summed E-state index contributed by atoms with van der Waals surface area (Å²) in [5.74, 6) is -1.16. The SMILES string of the molecule is CC1=Cc2c(-c3ccccc3)ccc(C)c2[CH]1[Zr]([Cl])([Cl])([CH]1C(C2CC=CC2)=Cc2c(-c3ccccc3)cccc21)[SiH](C)C. The summed E-state index contributed by atoms with van der Waals surface area (Å²) >= 11 is -4.82. The summed E-state index contributed by atoms with van der Waals surface area (Å²) in [6.07, 6.45) is 11.8. The van der Waals surface area contributed by atoms with Crippen molar-refractivity contribution in [3.05, 3.63) is 142 Å². The third kappa shape index (κ3) is 4.54. The normalized spacial score (nSPS) is 20.5. The molecule has 7 rings (SSSR count). The van der Waals surface area contributed by atoms with Gasteiger partial charge in [0.15, 0.2) is 0 Å². The van der Waals surface area contributed by atoms with Crippen LogP contribution in [0.2, 0.25) is 13.1 Å². The third-order valence-electron chi connectivity index (χ3n) is 10.6. The number of hydrogen-bond donors (Lipinski definition) is 0. The average molecular weight is 698 g/mol. The summed E-state index contributed by atoms with van der Waals surface area (Å²) in [6, 6.07) is 33.1. The van der Waals surface area contributed by atoms with Gasteiger partial charge in [-0.25, -0.2) is 0 Å². The van der Waals surface area contributed by atoms with Crippen LogP contribution in [0.1, 0.15) is 54.8 Å². The molecule has 0 spiro atoms. The summed E-state index contributed by atoms with van der Waals surface area (Å²) in [7, 11) is 17.3. The Balaban J connectivity index is 1.48. The van der Waals surface area contributed by atoms with Gasteiger partial charge in [-0.05, 0) is 0 Å². The van der Waals surface area contributed by atoms with Crippen LogP contribution in [-0.2, 0) is 15.6 Å². The van der Waals surface area contributed by atoms with Gasteiger partial charge < -0.3 is 0 Å². The first-order valence-corrected chi connectivity index (χ1v) is 32.0. The minimum atomic E-state index is -4.82. The fourth-order valence-corrected chi connectivity index (χ4v) is 40.4. The molecule has 2 unspecified atom stereocenters. The molecule has 0 saturated carbocycles. The Morgan fingerprint density at radius 2 is 1.26 bits per heavy atom. The molecule has 43 heavy (non-hydrogen) atoms. The van der Waals surface area contributed by atoms with Crippen LogP contribution in [0.15, 0.2) is 114 Å². The number of hydrogen-bond acceptors (Lipinski definition) is 0. The van der Waals surface area contributed by atoms with Gasteiger partial charge in [0, 0.05) is 0 Å². The van der Waals surface area contributed by atoms with Crippen molar-refractivity contribution in [2.75, 3.05) is 0 Å². The Kier molecular flexibility index (Phi) is 7.54. The summed E-state index contributed by atoms with van der Waals surface area (Å²) in [5.41, 5.74) is 14.7. The second-order valence-corrected chi connectivity index (χ2v) is 55.7. The van der Waals surface area contributed by atoms with Crippen molar-refractivity contribution in [3.8, 4) is 22.3 Å². The minimum absolute atomic E-state index is 0.101. The molecule has 0 amide bonds.